The molecule has 0 atom stereocenters. The van der Waals surface area contributed by atoms with Crippen molar-refractivity contribution in [3.8, 4) is 0 Å². The molecule has 0 unspecified atom stereocenters. The Morgan fingerprint density at radius 2 is 2.05 bits per heavy atom. The van der Waals surface area contributed by atoms with Gasteiger partial charge >= 0.3 is 11.9 Å². The van der Waals surface area contributed by atoms with Crippen molar-refractivity contribution in [2.75, 3.05) is 6.61 Å². The summed E-state index contributed by atoms with van der Waals surface area (Å²) in [6.45, 7) is 1.20. The Kier molecular flexibility index (Phi) is 3.52. The van der Waals surface area contributed by atoms with Crippen molar-refractivity contribution in [2.24, 2.45) is 7.05 Å². The summed E-state index contributed by atoms with van der Waals surface area (Å²) in [4.78, 5) is 26.9. The lowest BCUT2D eigenvalue weighted by Gasteiger charge is -2.15. The Morgan fingerprint density at radius 3 is 2.70 bits per heavy atom. The summed E-state index contributed by atoms with van der Waals surface area (Å²) in [5.74, 6) is -5.85. The van der Waals surface area contributed by atoms with Gasteiger partial charge in [-0.3, -0.25) is 4.79 Å². The van der Waals surface area contributed by atoms with Gasteiger partial charge in [0.25, 0.3) is 5.56 Å². The zero-order valence-corrected chi connectivity index (χ0v) is 10.9. The summed E-state index contributed by atoms with van der Waals surface area (Å²) in [7, 11) is 1.34. The number of para-hydroxylation sites is 2. The molecule has 2 aromatic rings. The molecule has 0 saturated carbocycles. The molecule has 1 aromatic carbocycles. The largest absolute Gasteiger partial charge is 0.461 e. The van der Waals surface area contributed by atoms with Gasteiger partial charge in [-0.15, -0.1) is 0 Å². The average molecular weight is 282 g/mol. The van der Waals surface area contributed by atoms with Gasteiger partial charge in [0.2, 0.25) is 0 Å². The highest BCUT2D eigenvalue weighted by Gasteiger charge is 2.47. The van der Waals surface area contributed by atoms with E-state index in [2.05, 4.69) is 9.72 Å². The number of aromatic nitrogens is 2. The number of alkyl halides is 2. The summed E-state index contributed by atoms with van der Waals surface area (Å²) in [5.41, 5.74) is -1.55. The van der Waals surface area contributed by atoms with Crippen LogP contribution in [0.1, 0.15) is 12.6 Å². The van der Waals surface area contributed by atoms with E-state index >= 15 is 0 Å². The van der Waals surface area contributed by atoms with Crippen LogP contribution in [-0.4, -0.2) is 22.1 Å². The first kappa shape index (κ1) is 14.1. The fourth-order valence-corrected chi connectivity index (χ4v) is 1.80. The lowest BCUT2D eigenvalue weighted by molar-refractivity contribution is -0.173. The van der Waals surface area contributed by atoms with Crippen LogP contribution in [0.15, 0.2) is 29.1 Å². The summed E-state index contributed by atoms with van der Waals surface area (Å²) >= 11 is 0. The van der Waals surface area contributed by atoms with E-state index in [1.807, 2.05) is 0 Å². The van der Waals surface area contributed by atoms with Gasteiger partial charge in [-0.1, -0.05) is 12.1 Å². The maximum atomic E-state index is 14.0. The lowest BCUT2D eigenvalue weighted by Crippen LogP contribution is -2.37. The second-order valence-corrected chi connectivity index (χ2v) is 4.11. The number of ether oxygens (including phenoxy) is 1. The highest BCUT2D eigenvalue weighted by atomic mass is 19.3. The van der Waals surface area contributed by atoms with E-state index in [1.54, 1.807) is 18.2 Å². The van der Waals surface area contributed by atoms with Crippen LogP contribution in [0.4, 0.5) is 8.78 Å². The van der Waals surface area contributed by atoms with Gasteiger partial charge in [-0.2, -0.15) is 8.78 Å². The smallest absolute Gasteiger partial charge is 0.389 e. The number of hydrogen-bond donors (Lipinski definition) is 0. The third-order valence-electron chi connectivity index (χ3n) is 2.81. The predicted molar refractivity (Wildman–Crippen MR) is 67.5 cm³/mol. The van der Waals surface area contributed by atoms with Gasteiger partial charge in [-0.05, 0) is 19.1 Å². The quantitative estimate of drug-likeness (QED) is 0.802. The van der Waals surface area contributed by atoms with Gasteiger partial charge in [-0.25, -0.2) is 9.78 Å². The predicted octanol–water partition coefficient (Wildman–Crippen LogP) is 1.59. The normalized spacial score (nSPS) is 11.6. The van der Waals surface area contributed by atoms with Crippen LogP contribution in [0.25, 0.3) is 11.0 Å². The molecule has 0 aliphatic heterocycles. The molecule has 1 heterocycles. The van der Waals surface area contributed by atoms with Crippen LogP contribution in [0.3, 0.4) is 0 Å². The first-order chi connectivity index (χ1) is 9.39. The standard InChI is InChI=1S/C13H12F2N2O3/c1-3-20-12(19)13(14,15)10-11(18)17(2)9-7-5-4-6-8(9)16-10/h4-7H,3H2,1-2H3. The molecular formula is C13H12F2N2O3. The van der Waals surface area contributed by atoms with Gasteiger partial charge in [0.1, 0.15) is 0 Å². The van der Waals surface area contributed by atoms with Crippen molar-refractivity contribution in [1.82, 2.24) is 9.55 Å². The van der Waals surface area contributed by atoms with Crippen molar-refractivity contribution in [3.05, 3.63) is 40.3 Å². The van der Waals surface area contributed by atoms with Gasteiger partial charge < -0.3 is 9.30 Å². The molecule has 0 bridgehead atoms. The van der Waals surface area contributed by atoms with Crippen molar-refractivity contribution in [2.45, 2.75) is 12.8 Å². The second-order valence-electron chi connectivity index (χ2n) is 4.11. The molecule has 0 fully saturated rings. The maximum absolute atomic E-state index is 14.0. The lowest BCUT2D eigenvalue weighted by atomic mass is 10.2. The van der Waals surface area contributed by atoms with E-state index in [4.69, 9.17) is 0 Å². The zero-order valence-electron chi connectivity index (χ0n) is 10.9. The van der Waals surface area contributed by atoms with Crippen LogP contribution < -0.4 is 5.56 Å². The van der Waals surface area contributed by atoms with Crippen LogP contribution >= 0.6 is 0 Å². The molecule has 106 valence electrons. The number of carbonyl (C=O) groups excluding carboxylic acids is 1. The molecule has 7 heteroatoms. The molecule has 0 radical (unpaired) electrons. The Labute approximate surface area is 112 Å². The van der Waals surface area contributed by atoms with Crippen LogP contribution in [0.5, 0.6) is 0 Å². The molecule has 0 saturated heterocycles. The first-order valence-corrected chi connectivity index (χ1v) is 5.91. The molecule has 0 spiro atoms. The Morgan fingerprint density at radius 1 is 1.40 bits per heavy atom. The fourth-order valence-electron chi connectivity index (χ4n) is 1.80. The number of rotatable bonds is 3. The van der Waals surface area contributed by atoms with Crippen molar-refractivity contribution in [1.29, 1.82) is 0 Å². The van der Waals surface area contributed by atoms with E-state index in [0.717, 1.165) is 4.57 Å². The van der Waals surface area contributed by atoms with Gasteiger partial charge in [0, 0.05) is 7.05 Å². The molecule has 0 aliphatic rings. The third-order valence-corrected chi connectivity index (χ3v) is 2.81. The minimum atomic E-state index is -4.07. The van der Waals surface area contributed by atoms with Crippen molar-refractivity contribution < 1.29 is 18.3 Å². The monoisotopic (exact) mass is 282 g/mol. The zero-order chi connectivity index (χ0) is 14.9. The highest BCUT2D eigenvalue weighted by molar-refractivity contribution is 5.80. The summed E-state index contributed by atoms with van der Waals surface area (Å²) in [6, 6.07) is 6.33. The molecule has 1 aromatic heterocycles. The second kappa shape index (κ2) is 4.99. The fraction of sp³-hybridized carbons (Fsp3) is 0.308. The number of hydrogen-bond acceptors (Lipinski definition) is 4. The van der Waals surface area contributed by atoms with Gasteiger partial charge in [0.05, 0.1) is 17.6 Å². The minimum absolute atomic E-state index is 0.202. The number of esters is 1. The highest BCUT2D eigenvalue weighted by Crippen LogP contribution is 2.26. The number of nitrogens with zero attached hydrogens (tertiary/aromatic N) is 2. The molecular weight excluding hydrogens is 270 g/mol. The van der Waals surface area contributed by atoms with Crippen molar-refractivity contribution in [3.63, 3.8) is 0 Å². The number of benzene rings is 1. The summed E-state index contributed by atoms with van der Waals surface area (Å²) in [5, 5.41) is 0. The van der Waals surface area contributed by atoms with Crippen LogP contribution in [0.2, 0.25) is 0 Å². The third kappa shape index (κ3) is 2.15. The van der Waals surface area contributed by atoms with Crippen molar-refractivity contribution >= 4 is 17.0 Å². The van der Waals surface area contributed by atoms with Crippen LogP contribution in [-0.2, 0) is 22.5 Å². The topological polar surface area (TPSA) is 61.2 Å². The molecule has 20 heavy (non-hydrogen) atoms. The van der Waals surface area contributed by atoms with E-state index in [-0.39, 0.29) is 12.1 Å². The number of carbonyl (C=O) groups is 1. The number of fused-ring (bicyclic) bond motifs is 1. The SMILES string of the molecule is CCOC(=O)C(F)(F)c1nc2ccccc2n(C)c1=O. The minimum Gasteiger partial charge on any atom is -0.461 e. The maximum Gasteiger partial charge on any atom is 0.389 e. The van der Waals surface area contributed by atoms with E-state index in [9.17, 15) is 18.4 Å². The number of halogens is 2. The van der Waals surface area contributed by atoms with E-state index in [1.165, 1.54) is 20.0 Å². The van der Waals surface area contributed by atoms with Crippen LogP contribution in [0, 0.1) is 0 Å². The Hall–Kier alpha value is -2.31. The molecule has 2 rings (SSSR count). The van der Waals surface area contributed by atoms with E-state index in [0.29, 0.717) is 5.52 Å². The summed E-state index contributed by atoms with van der Waals surface area (Å²) in [6.07, 6.45) is 0. The van der Waals surface area contributed by atoms with Gasteiger partial charge in [0.15, 0.2) is 5.69 Å². The molecule has 0 amide bonds. The van der Waals surface area contributed by atoms with E-state index < -0.39 is 23.1 Å². The molecule has 0 aliphatic carbocycles. The molecule has 0 N–H and O–H groups in total. The number of aryl methyl sites for hydroxylation is 1. The summed E-state index contributed by atoms with van der Waals surface area (Å²) < 4.78 is 33.2. The Bertz CT molecular complexity index is 725. The average Bonchev–Trinajstić information content (AvgIpc) is 2.43. The molecule has 5 nitrogen and oxygen atoms in total. The Balaban J connectivity index is 2.69. The first-order valence-electron chi connectivity index (χ1n) is 5.91.